The first-order chi connectivity index (χ1) is 14.3. The van der Waals surface area contributed by atoms with Crippen molar-refractivity contribution in [3.8, 4) is 0 Å². The van der Waals surface area contributed by atoms with E-state index in [0.29, 0.717) is 32.7 Å². The van der Waals surface area contributed by atoms with Gasteiger partial charge in [-0.05, 0) is 24.6 Å². The van der Waals surface area contributed by atoms with Gasteiger partial charge in [-0.25, -0.2) is 22.8 Å². The smallest absolute Gasteiger partial charge is 0.254 e. The lowest BCUT2D eigenvalue weighted by Gasteiger charge is -2.33. The maximum Gasteiger partial charge on any atom is 0.254 e. The summed E-state index contributed by atoms with van der Waals surface area (Å²) in [6.07, 6.45) is 4.92. The van der Waals surface area contributed by atoms with Crippen LogP contribution in [0.25, 0.3) is 0 Å². The van der Waals surface area contributed by atoms with Crippen LogP contribution in [0.4, 0.5) is 9.52 Å². The highest BCUT2D eigenvalue weighted by molar-refractivity contribution is 7.91. The van der Waals surface area contributed by atoms with Crippen LogP contribution >= 0.6 is 11.3 Å². The summed E-state index contributed by atoms with van der Waals surface area (Å²) in [5, 5.41) is 0.246. The normalized spacial score (nSPS) is 17.3. The third kappa shape index (κ3) is 4.24. The van der Waals surface area contributed by atoms with Crippen molar-refractivity contribution < 1.29 is 12.8 Å². The van der Waals surface area contributed by atoms with Crippen LogP contribution in [-0.4, -0.2) is 58.3 Å². The number of nitrogens with zero attached hydrogens (tertiary/aromatic N) is 5. The summed E-state index contributed by atoms with van der Waals surface area (Å²) in [6.45, 7) is 4.74. The number of anilines is 1. The Morgan fingerprint density at radius 3 is 2.50 bits per heavy atom. The van der Waals surface area contributed by atoms with Crippen LogP contribution < -0.4 is 5.73 Å². The van der Waals surface area contributed by atoms with E-state index >= 15 is 0 Å². The van der Waals surface area contributed by atoms with Gasteiger partial charge in [0.1, 0.15) is 5.82 Å². The minimum absolute atomic E-state index is 0.0153. The molecule has 11 heteroatoms. The van der Waals surface area contributed by atoms with Crippen molar-refractivity contribution in [1.29, 1.82) is 0 Å². The molecule has 0 bridgehead atoms. The van der Waals surface area contributed by atoms with Crippen molar-refractivity contribution in [2.75, 3.05) is 31.9 Å². The Bertz CT molecular complexity index is 1100. The van der Waals surface area contributed by atoms with Gasteiger partial charge in [0.05, 0.1) is 24.3 Å². The molecular formula is C19H23FN6O2S2. The van der Waals surface area contributed by atoms with Crippen LogP contribution in [0.15, 0.2) is 47.2 Å². The quantitative estimate of drug-likeness (QED) is 0.618. The number of rotatable bonds is 6. The van der Waals surface area contributed by atoms with Crippen LogP contribution in [0.3, 0.4) is 0 Å². The molecule has 160 valence electrons. The van der Waals surface area contributed by atoms with Crippen molar-refractivity contribution in [2.45, 2.75) is 23.7 Å². The van der Waals surface area contributed by atoms with Crippen molar-refractivity contribution in [3.63, 3.8) is 0 Å². The Hall–Kier alpha value is -2.34. The third-order valence-electron chi connectivity index (χ3n) is 5.33. The summed E-state index contributed by atoms with van der Waals surface area (Å²) in [5.74, 6) is -0.259. The van der Waals surface area contributed by atoms with Crippen LogP contribution in [0.5, 0.6) is 0 Å². The molecule has 1 aliphatic rings. The van der Waals surface area contributed by atoms with Crippen LogP contribution in [0.2, 0.25) is 0 Å². The highest BCUT2D eigenvalue weighted by Gasteiger charge is 2.30. The molecule has 4 rings (SSSR count). The lowest BCUT2D eigenvalue weighted by atomic mass is 10.1. The zero-order valence-electron chi connectivity index (χ0n) is 16.5. The minimum atomic E-state index is -3.55. The van der Waals surface area contributed by atoms with Gasteiger partial charge in [-0.1, -0.05) is 23.5 Å². The molecule has 1 atom stereocenters. The molecule has 2 N–H and O–H groups in total. The van der Waals surface area contributed by atoms with Gasteiger partial charge in [0.25, 0.3) is 10.0 Å². The molecule has 1 unspecified atom stereocenters. The van der Waals surface area contributed by atoms with Gasteiger partial charge in [0.2, 0.25) is 0 Å². The first-order valence-corrected chi connectivity index (χ1v) is 11.8. The maximum absolute atomic E-state index is 13.2. The molecule has 3 aromatic rings. The predicted octanol–water partition coefficient (Wildman–Crippen LogP) is 2.18. The highest BCUT2D eigenvalue weighted by Crippen LogP contribution is 2.25. The van der Waals surface area contributed by atoms with Gasteiger partial charge in [-0.15, -0.1) is 0 Å². The molecule has 1 saturated heterocycles. The van der Waals surface area contributed by atoms with E-state index < -0.39 is 10.0 Å². The Morgan fingerprint density at radius 2 is 1.87 bits per heavy atom. The number of aromatic nitrogens is 3. The summed E-state index contributed by atoms with van der Waals surface area (Å²) < 4.78 is 42.4. The zero-order chi connectivity index (χ0) is 21.3. The number of halogens is 1. The van der Waals surface area contributed by atoms with Gasteiger partial charge in [-0.3, -0.25) is 4.90 Å². The van der Waals surface area contributed by atoms with E-state index in [1.54, 1.807) is 18.5 Å². The molecule has 1 aliphatic heterocycles. The number of hydrogen-bond acceptors (Lipinski definition) is 7. The van der Waals surface area contributed by atoms with Crippen molar-refractivity contribution >= 4 is 26.5 Å². The average molecular weight is 451 g/mol. The number of hydrogen-bond donors (Lipinski definition) is 1. The highest BCUT2D eigenvalue weighted by atomic mass is 32.2. The summed E-state index contributed by atoms with van der Waals surface area (Å²) in [5.41, 5.74) is 7.60. The van der Waals surface area contributed by atoms with Crippen LogP contribution in [0, 0.1) is 5.82 Å². The Kier molecular flexibility index (Phi) is 5.87. The van der Waals surface area contributed by atoms with E-state index in [-0.39, 0.29) is 21.2 Å². The summed E-state index contributed by atoms with van der Waals surface area (Å²) in [4.78, 5) is 10.3. The third-order valence-corrected chi connectivity index (χ3v) is 8.49. The largest absolute Gasteiger partial charge is 0.375 e. The summed E-state index contributed by atoms with van der Waals surface area (Å²) >= 11 is 0.985. The Balaban J connectivity index is 1.40. The van der Waals surface area contributed by atoms with Gasteiger partial charge in [-0.2, -0.15) is 4.31 Å². The SMILES string of the molecule is CC(c1ccc(F)cc1)n1cncc1CN1CCN(S(=O)(=O)c2cnc(N)s2)CC1. The molecule has 0 aliphatic carbocycles. The monoisotopic (exact) mass is 450 g/mol. The average Bonchev–Trinajstić information content (AvgIpc) is 3.38. The number of sulfonamides is 1. The summed E-state index contributed by atoms with van der Waals surface area (Å²) in [7, 11) is -3.55. The van der Waals surface area contributed by atoms with E-state index in [0.717, 1.165) is 22.6 Å². The van der Waals surface area contributed by atoms with E-state index in [1.807, 2.05) is 13.1 Å². The molecule has 3 heterocycles. The second kappa shape index (κ2) is 8.42. The van der Waals surface area contributed by atoms with E-state index in [9.17, 15) is 12.8 Å². The molecule has 2 aromatic heterocycles. The fourth-order valence-electron chi connectivity index (χ4n) is 3.58. The molecule has 30 heavy (non-hydrogen) atoms. The number of benzene rings is 1. The molecule has 0 amide bonds. The Labute approximate surface area is 178 Å². The maximum atomic E-state index is 13.2. The first-order valence-electron chi connectivity index (χ1n) is 9.54. The lowest BCUT2D eigenvalue weighted by molar-refractivity contribution is 0.178. The Morgan fingerprint density at radius 1 is 1.17 bits per heavy atom. The van der Waals surface area contributed by atoms with E-state index in [2.05, 4.69) is 19.4 Å². The number of nitrogens with two attached hydrogens (primary N) is 1. The standard InChI is InChI=1S/C19H23FN6O2S2/c1-14(15-2-4-16(20)5-3-15)26-13-22-10-17(26)12-24-6-8-25(9-7-24)30(27,28)18-11-23-19(21)29-18/h2-5,10-11,13-14H,6-9,12H2,1H3,(H2,21,23). The van der Waals surface area contributed by atoms with E-state index in [1.165, 1.54) is 22.6 Å². The molecule has 8 nitrogen and oxygen atoms in total. The second-order valence-corrected chi connectivity index (χ2v) is 10.4. The molecule has 0 saturated carbocycles. The topological polar surface area (TPSA) is 97.4 Å². The van der Waals surface area contributed by atoms with Crippen LogP contribution in [-0.2, 0) is 16.6 Å². The number of thiazole rings is 1. The number of piperazine rings is 1. The molecule has 0 spiro atoms. The number of imidazole rings is 1. The van der Waals surface area contributed by atoms with Crippen molar-refractivity contribution in [3.05, 3.63) is 60.1 Å². The lowest BCUT2D eigenvalue weighted by Crippen LogP contribution is -2.48. The van der Waals surface area contributed by atoms with Crippen molar-refractivity contribution in [1.82, 2.24) is 23.7 Å². The number of nitrogen functional groups attached to an aromatic ring is 1. The second-order valence-electron chi connectivity index (χ2n) is 7.22. The minimum Gasteiger partial charge on any atom is -0.375 e. The van der Waals surface area contributed by atoms with Gasteiger partial charge in [0, 0.05) is 38.9 Å². The fourth-order valence-corrected chi connectivity index (χ4v) is 6.08. The zero-order valence-corrected chi connectivity index (χ0v) is 18.1. The predicted molar refractivity (Wildman–Crippen MR) is 113 cm³/mol. The van der Waals surface area contributed by atoms with Gasteiger partial charge in [0.15, 0.2) is 9.34 Å². The first kappa shape index (κ1) is 20.9. The molecule has 1 aromatic carbocycles. The molecule has 0 radical (unpaired) electrons. The van der Waals surface area contributed by atoms with Crippen LogP contribution in [0.1, 0.15) is 24.2 Å². The summed E-state index contributed by atoms with van der Waals surface area (Å²) in [6, 6.07) is 6.48. The molecule has 1 fully saturated rings. The fraction of sp³-hybridized carbons (Fsp3) is 0.368. The molecular weight excluding hydrogens is 427 g/mol. The van der Waals surface area contributed by atoms with Gasteiger partial charge < -0.3 is 10.3 Å². The van der Waals surface area contributed by atoms with E-state index in [4.69, 9.17) is 5.73 Å². The van der Waals surface area contributed by atoms with Crippen molar-refractivity contribution in [2.24, 2.45) is 0 Å². The van der Waals surface area contributed by atoms with Gasteiger partial charge >= 0.3 is 0 Å².